The maximum atomic E-state index is 12.6. The summed E-state index contributed by atoms with van der Waals surface area (Å²) in [6.07, 6.45) is 3.81. The summed E-state index contributed by atoms with van der Waals surface area (Å²) in [6, 6.07) is 3.20. The first-order valence-electron chi connectivity index (χ1n) is 6.88. The average Bonchev–Trinajstić information content (AvgIpc) is 2.30. The van der Waals surface area contributed by atoms with Crippen molar-refractivity contribution in [2.75, 3.05) is 5.73 Å². The lowest BCUT2D eigenvalue weighted by Crippen LogP contribution is -2.39. The molecule has 118 valence electrons. The van der Waals surface area contributed by atoms with E-state index in [1.165, 1.54) is 0 Å². The Morgan fingerprint density at radius 1 is 1.19 bits per heavy atom. The maximum absolute atomic E-state index is 12.6. The smallest absolute Gasteiger partial charge is 0.243 e. The van der Waals surface area contributed by atoms with Crippen molar-refractivity contribution in [3.05, 3.63) is 21.1 Å². The predicted molar refractivity (Wildman–Crippen MR) is 92.6 cm³/mol. The van der Waals surface area contributed by atoms with Gasteiger partial charge in [0.2, 0.25) is 10.0 Å². The van der Waals surface area contributed by atoms with Crippen LogP contribution in [0.1, 0.15) is 39.5 Å². The van der Waals surface area contributed by atoms with Crippen molar-refractivity contribution < 1.29 is 8.42 Å². The van der Waals surface area contributed by atoms with Crippen LogP contribution in [0.5, 0.6) is 0 Å². The molecule has 1 aromatic rings. The van der Waals surface area contributed by atoms with Gasteiger partial charge in [0.1, 0.15) is 4.90 Å². The van der Waals surface area contributed by atoms with Gasteiger partial charge in [0.15, 0.2) is 0 Å². The fourth-order valence-corrected chi connectivity index (χ4v) is 6.56. The average molecular weight is 440 g/mol. The minimum Gasteiger partial charge on any atom is -0.399 e. The van der Waals surface area contributed by atoms with Gasteiger partial charge in [0, 0.05) is 20.7 Å². The summed E-state index contributed by atoms with van der Waals surface area (Å²) in [4.78, 5) is 0.210. The number of nitrogen functional groups attached to an aromatic ring is 1. The van der Waals surface area contributed by atoms with E-state index in [1.807, 2.05) is 0 Å². The Morgan fingerprint density at radius 3 is 2.14 bits per heavy atom. The zero-order valence-corrected chi connectivity index (χ0v) is 16.1. The standard InChI is InChI=1S/C14H20Br2N2O2S/c1-14(2)5-3-10(4-6-14)18-21(19,20)13-11(15)7-9(17)8-12(13)16/h7-8,10,18H,3-6,17H2,1-2H3. The van der Waals surface area contributed by atoms with Crippen molar-refractivity contribution in [2.24, 2.45) is 5.41 Å². The second-order valence-corrected chi connectivity index (χ2v) is 9.73. The quantitative estimate of drug-likeness (QED) is 0.698. The van der Waals surface area contributed by atoms with Crippen molar-refractivity contribution in [2.45, 2.75) is 50.5 Å². The number of halogens is 2. The number of nitrogens with two attached hydrogens (primary N) is 1. The van der Waals surface area contributed by atoms with Crippen LogP contribution in [0.15, 0.2) is 26.0 Å². The van der Waals surface area contributed by atoms with Crippen LogP contribution >= 0.6 is 31.9 Å². The monoisotopic (exact) mass is 438 g/mol. The van der Waals surface area contributed by atoms with Crippen molar-refractivity contribution in [1.82, 2.24) is 4.72 Å². The van der Waals surface area contributed by atoms with E-state index in [2.05, 4.69) is 50.4 Å². The maximum Gasteiger partial charge on any atom is 0.243 e. The molecular weight excluding hydrogens is 420 g/mol. The van der Waals surface area contributed by atoms with Gasteiger partial charge in [-0.15, -0.1) is 0 Å². The second kappa shape index (κ2) is 6.18. The van der Waals surface area contributed by atoms with Crippen LogP contribution in [-0.2, 0) is 10.0 Å². The highest BCUT2D eigenvalue weighted by Gasteiger charge is 2.31. The van der Waals surface area contributed by atoms with Gasteiger partial charge < -0.3 is 5.73 Å². The molecular formula is C14H20Br2N2O2S. The Labute approximate surface area is 143 Å². The SMILES string of the molecule is CC1(C)CCC(NS(=O)(=O)c2c(Br)cc(N)cc2Br)CC1. The highest BCUT2D eigenvalue weighted by molar-refractivity contribution is 9.11. The first kappa shape index (κ1) is 17.2. The lowest BCUT2D eigenvalue weighted by molar-refractivity contribution is 0.218. The van der Waals surface area contributed by atoms with E-state index in [0.29, 0.717) is 20.0 Å². The van der Waals surface area contributed by atoms with Crippen LogP contribution in [0.2, 0.25) is 0 Å². The van der Waals surface area contributed by atoms with Gasteiger partial charge >= 0.3 is 0 Å². The number of hydrogen-bond acceptors (Lipinski definition) is 3. The molecule has 0 radical (unpaired) electrons. The molecule has 1 aliphatic rings. The molecule has 0 aliphatic heterocycles. The molecule has 0 saturated heterocycles. The summed E-state index contributed by atoms with van der Waals surface area (Å²) < 4.78 is 29.0. The third-order valence-corrected chi connectivity index (χ3v) is 7.35. The van der Waals surface area contributed by atoms with Crippen molar-refractivity contribution >= 4 is 47.6 Å². The zero-order chi connectivity index (χ0) is 15.8. The van der Waals surface area contributed by atoms with E-state index in [0.717, 1.165) is 25.7 Å². The van der Waals surface area contributed by atoms with Crippen LogP contribution in [0, 0.1) is 5.41 Å². The van der Waals surface area contributed by atoms with Gasteiger partial charge in [0.25, 0.3) is 0 Å². The first-order chi connectivity index (χ1) is 9.61. The van der Waals surface area contributed by atoms with E-state index < -0.39 is 10.0 Å². The van der Waals surface area contributed by atoms with Gasteiger partial charge in [-0.1, -0.05) is 13.8 Å². The fourth-order valence-electron chi connectivity index (χ4n) is 2.63. The van der Waals surface area contributed by atoms with Crippen molar-refractivity contribution in [1.29, 1.82) is 0 Å². The number of rotatable bonds is 3. The summed E-state index contributed by atoms with van der Waals surface area (Å²) in [7, 11) is -3.57. The summed E-state index contributed by atoms with van der Waals surface area (Å²) in [5, 5.41) is 0. The molecule has 0 atom stereocenters. The second-order valence-electron chi connectivity index (χ2n) is 6.37. The summed E-state index contributed by atoms with van der Waals surface area (Å²) in [5.74, 6) is 0. The van der Waals surface area contributed by atoms with E-state index in [-0.39, 0.29) is 10.9 Å². The van der Waals surface area contributed by atoms with Gasteiger partial charge in [-0.05, 0) is 75.1 Å². The highest BCUT2D eigenvalue weighted by Crippen LogP contribution is 2.37. The molecule has 3 N–H and O–H groups in total. The Bertz CT molecular complexity index is 611. The highest BCUT2D eigenvalue weighted by atomic mass is 79.9. The topological polar surface area (TPSA) is 72.2 Å². The largest absolute Gasteiger partial charge is 0.399 e. The Morgan fingerprint density at radius 2 is 1.67 bits per heavy atom. The summed E-state index contributed by atoms with van der Waals surface area (Å²) in [6.45, 7) is 4.45. The van der Waals surface area contributed by atoms with E-state index in [9.17, 15) is 8.42 Å². The Balaban J connectivity index is 2.20. The number of benzene rings is 1. The molecule has 0 amide bonds. The minimum atomic E-state index is -3.57. The Hall–Kier alpha value is -0.110. The lowest BCUT2D eigenvalue weighted by Gasteiger charge is -2.34. The molecule has 1 aromatic carbocycles. The van der Waals surface area contributed by atoms with E-state index >= 15 is 0 Å². The van der Waals surface area contributed by atoms with Crippen LogP contribution in [0.25, 0.3) is 0 Å². The normalized spacial score (nSPS) is 19.6. The van der Waals surface area contributed by atoms with Gasteiger partial charge in [-0.25, -0.2) is 13.1 Å². The molecule has 0 aromatic heterocycles. The van der Waals surface area contributed by atoms with Crippen molar-refractivity contribution in [3.8, 4) is 0 Å². The molecule has 1 saturated carbocycles. The van der Waals surface area contributed by atoms with Crippen LogP contribution in [-0.4, -0.2) is 14.5 Å². The van der Waals surface area contributed by atoms with E-state index in [4.69, 9.17) is 5.73 Å². The number of hydrogen-bond donors (Lipinski definition) is 2. The van der Waals surface area contributed by atoms with Crippen LogP contribution < -0.4 is 10.5 Å². The van der Waals surface area contributed by atoms with Gasteiger partial charge in [-0.3, -0.25) is 0 Å². The minimum absolute atomic E-state index is 0.000576. The first-order valence-corrected chi connectivity index (χ1v) is 9.94. The zero-order valence-electron chi connectivity index (χ0n) is 12.1. The molecule has 1 aliphatic carbocycles. The van der Waals surface area contributed by atoms with Gasteiger partial charge in [-0.2, -0.15) is 0 Å². The molecule has 7 heteroatoms. The fraction of sp³-hybridized carbons (Fsp3) is 0.571. The summed E-state index contributed by atoms with van der Waals surface area (Å²) in [5.41, 5.74) is 6.53. The molecule has 2 rings (SSSR count). The van der Waals surface area contributed by atoms with Crippen LogP contribution in [0.3, 0.4) is 0 Å². The molecule has 4 nitrogen and oxygen atoms in total. The molecule has 0 bridgehead atoms. The summed E-state index contributed by atoms with van der Waals surface area (Å²) >= 11 is 6.57. The lowest BCUT2D eigenvalue weighted by atomic mass is 9.76. The number of anilines is 1. The number of nitrogens with one attached hydrogen (secondary N) is 1. The van der Waals surface area contributed by atoms with Crippen LogP contribution in [0.4, 0.5) is 5.69 Å². The van der Waals surface area contributed by atoms with E-state index in [1.54, 1.807) is 12.1 Å². The molecule has 1 fully saturated rings. The third-order valence-electron chi connectivity index (χ3n) is 3.95. The van der Waals surface area contributed by atoms with Gasteiger partial charge in [0.05, 0.1) is 0 Å². The number of sulfonamides is 1. The molecule has 0 spiro atoms. The molecule has 0 heterocycles. The predicted octanol–water partition coefficient (Wildman–Crippen LogP) is 4.04. The third kappa shape index (κ3) is 4.21. The molecule has 21 heavy (non-hydrogen) atoms. The van der Waals surface area contributed by atoms with Crippen molar-refractivity contribution in [3.63, 3.8) is 0 Å². The molecule has 0 unspecified atom stereocenters. The Kier molecular flexibility index (Phi) is 5.08.